The Morgan fingerprint density at radius 2 is 1.93 bits per heavy atom. The molecule has 148 valence electrons. The maximum Gasteiger partial charge on any atom is 0.171 e. The van der Waals surface area contributed by atoms with Crippen LogP contribution in [-0.2, 0) is 0 Å². The minimum Gasteiger partial charge on any atom is -0.489 e. The lowest BCUT2D eigenvalue weighted by atomic mass is 10.1. The molecule has 0 aliphatic carbocycles. The zero-order chi connectivity index (χ0) is 19.8. The van der Waals surface area contributed by atoms with Gasteiger partial charge in [-0.05, 0) is 68.2 Å². The van der Waals surface area contributed by atoms with E-state index in [2.05, 4.69) is 53.3 Å². The van der Waals surface area contributed by atoms with E-state index in [-0.39, 0.29) is 6.04 Å². The standard InChI is InChI=1S/C23H29N3OS/c1-3-16-27-22-9-7-8-20(17-22)25-23(28)24-18(2)19-10-12-21(13-11-19)26-14-5-4-6-15-26/h3,7-13,17-18H,1,4-6,14-16H2,2H3,(H2,24,25,28)/t18-/m0/s1. The van der Waals surface area contributed by atoms with Gasteiger partial charge in [-0.15, -0.1) is 0 Å². The number of benzene rings is 2. The normalized spacial score (nSPS) is 14.8. The van der Waals surface area contributed by atoms with Gasteiger partial charge in [-0.25, -0.2) is 0 Å². The van der Waals surface area contributed by atoms with Crippen LogP contribution in [0.3, 0.4) is 0 Å². The Labute approximate surface area is 173 Å². The fourth-order valence-corrected chi connectivity index (χ4v) is 3.69. The number of rotatable bonds is 7. The summed E-state index contributed by atoms with van der Waals surface area (Å²) < 4.78 is 5.56. The van der Waals surface area contributed by atoms with Gasteiger partial charge in [0, 0.05) is 30.5 Å². The Balaban J connectivity index is 1.54. The average molecular weight is 396 g/mol. The van der Waals surface area contributed by atoms with Crippen molar-refractivity contribution in [3.05, 3.63) is 66.7 Å². The molecule has 0 unspecified atom stereocenters. The van der Waals surface area contributed by atoms with Gasteiger partial charge in [0.15, 0.2) is 5.11 Å². The molecule has 0 radical (unpaired) electrons. The molecule has 4 nitrogen and oxygen atoms in total. The van der Waals surface area contributed by atoms with E-state index in [0.717, 1.165) is 24.5 Å². The summed E-state index contributed by atoms with van der Waals surface area (Å²) in [6.45, 7) is 8.59. The number of piperidine rings is 1. The summed E-state index contributed by atoms with van der Waals surface area (Å²) in [4.78, 5) is 2.47. The Bertz CT molecular complexity index is 785. The van der Waals surface area contributed by atoms with Gasteiger partial charge in [-0.2, -0.15) is 0 Å². The first kappa shape index (κ1) is 20.2. The fraction of sp³-hybridized carbons (Fsp3) is 0.348. The molecule has 5 heteroatoms. The van der Waals surface area contributed by atoms with Crippen LogP contribution < -0.4 is 20.3 Å². The van der Waals surface area contributed by atoms with Crippen LogP contribution in [0.4, 0.5) is 11.4 Å². The SMILES string of the molecule is C=CCOc1cccc(NC(=S)N[C@@H](C)c2ccc(N3CCCCC3)cc2)c1. The lowest BCUT2D eigenvalue weighted by Gasteiger charge is -2.29. The Morgan fingerprint density at radius 1 is 1.18 bits per heavy atom. The average Bonchev–Trinajstić information content (AvgIpc) is 2.73. The number of anilines is 2. The zero-order valence-electron chi connectivity index (χ0n) is 16.5. The number of nitrogens with zero attached hydrogens (tertiary/aromatic N) is 1. The minimum atomic E-state index is 0.121. The highest BCUT2D eigenvalue weighted by atomic mass is 32.1. The van der Waals surface area contributed by atoms with E-state index < -0.39 is 0 Å². The Kier molecular flexibility index (Phi) is 7.31. The van der Waals surface area contributed by atoms with Crippen molar-refractivity contribution in [3.8, 4) is 5.75 Å². The third-order valence-electron chi connectivity index (χ3n) is 4.92. The van der Waals surface area contributed by atoms with E-state index in [1.54, 1.807) is 6.08 Å². The lowest BCUT2D eigenvalue weighted by Crippen LogP contribution is -2.31. The molecule has 1 fully saturated rings. The summed E-state index contributed by atoms with van der Waals surface area (Å²) >= 11 is 5.48. The molecule has 0 amide bonds. The van der Waals surface area contributed by atoms with Crippen LogP contribution in [0.5, 0.6) is 5.75 Å². The molecule has 2 aromatic rings. The summed E-state index contributed by atoms with van der Waals surface area (Å²) in [5, 5.41) is 7.18. The van der Waals surface area contributed by atoms with Crippen LogP contribution in [0, 0.1) is 0 Å². The van der Waals surface area contributed by atoms with Crippen molar-refractivity contribution in [1.82, 2.24) is 5.32 Å². The molecule has 1 atom stereocenters. The Morgan fingerprint density at radius 3 is 2.64 bits per heavy atom. The van der Waals surface area contributed by atoms with Crippen LogP contribution in [0.25, 0.3) is 0 Å². The molecule has 1 heterocycles. The van der Waals surface area contributed by atoms with E-state index in [1.807, 2.05) is 24.3 Å². The van der Waals surface area contributed by atoms with Gasteiger partial charge in [0.1, 0.15) is 12.4 Å². The third kappa shape index (κ3) is 5.73. The monoisotopic (exact) mass is 395 g/mol. The second-order valence-corrected chi connectivity index (χ2v) is 7.50. The second-order valence-electron chi connectivity index (χ2n) is 7.09. The molecule has 1 aliphatic heterocycles. The highest BCUT2D eigenvalue weighted by Gasteiger charge is 2.12. The second kappa shape index (κ2) is 10.1. The van der Waals surface area contributed by atoms with Crippen molar-refractivity contribution < 1.29 is 4.74 Å². The summed E-state index contributed by atoms with van der Waals surface area (Å²) in [5.41, 5.74) is 3.42. The van der Waals surface area contributed by atoms with Gasteiger partial charge in [0.05, 0.1) is 6.04 Å². The van der Waals surface area contributed by atoms with Crippen molar-refractivity contribution in [2.45, 2.75) is 32.2 Å². The first-order valence-corrected chi connectivity index (χ1v) is 10.3. The van der Waals surface area contributed by atoms with Gasteiger partial charge in [0.25, 0.3) is 0 Å². The number of nitrogens with one attached hydrogen (secondary N) is 2. The molecule has 0 saturated carbocycles. The molecule has 1 saturated heterocycles. The molecule has 0 aromatic heterocycles. The molecule has 3 rings (SSSR count). The van der Waals surface area contributed by atoms with Crippen molar-refractivity contribution in [1.29, 1.82) is 0 Å². The smallest absolute Gasteiger partial charge is 0.171 e. The zero-order valence-corrected chi connectivity index (χ0v) is 17.3. The van der Waals surface area contributed by atoms with Gasteiger partial charge in [0.2, 0.25) is 0 Å². The van der Waals surface area contributed by atoms with E-state index in [1.165, 1.54) is 30.5 Å². The van der Waals surface area contributed by atoms with Crippen molar-refractivity contribution in [2.24, 2.45) is 0 Å². The van der Waals surface area contributed by atoms with Gasteiger partial charge >= 0.3 is 0 Å². The molecule has 2 aromatic carbocycles. The first-order chi connectivity index (χ1) is 13.7. The molecule has 1 aliphatic rings. The summed E-state index contributed by atoms with van der Waals surface area (Å²) in [7, 11) is 0. The largest absolute Gasteiger partial charge is 0.489 e. The number of ether oxygens (including phenoxy) is 1. The lowest BCUT2D eigenvalue weighted by molar-refractivity contribution is 0.363. The maximum atomic E-state index is 5.56. The molecule has 2 N–H and O–H groups in total. The minimum absolute atomic E-state index is 0.121. The van der Waals surface area contributed by atoms with Crippen molar-refractivity contribution >= 4 is 28.7 Å². The van der Waals surface area contributed by atoms with Crippen LogP contribution in [-0.4, -0.2) is 24.8 Å². The predicted molar refractivity (Wildman–Crippen MR) is 122 cm³/mol. The van der Waals surface area contributed by atoms with Gasteiger partial charge in [-0.1, -0.05) is 30.9 Å². The van der Waals surface area contributed by atoms with Crippen molar-refractivity contribution in [2.75, 3.05) is 29.9 Å². The van der Waals surface area contributed by atoms with E-state index in [0.29, 0.717) is 11.7 Å². The molecular formula is C23H29N3OS. The Hall–Kier alpha value is -2.53. The van der Waals surface area contributed by atoms with E-state index >= 15 is 0 Å². The van der Waals surface area contributed by atoms with Gasteiger partial charge in [-0.3, -0.25) is 0 Å². The molecule has 0 spiro atoms. The third-order valence-corrected chi connectivity index (χ3v) is 5.14. The highest BCUT2D eigenvalue weighted by Crippen LogP contribution is 2.23. The maximum absolute atomic E-state index is 5.56. The van der Waals surface area contributed by atoms with Crippen LogP contribution in [0.1, 0.15) is 37.8 Å². The molecule has 28 heavy (non-hydrogen) atoms. The molecule has 0 bridgehead atoms. The van der Waals surface area contributed by atoms with Crippen LogP contribution in [0.15, 0.2) is 61.2 Å². The van der Waals surface area contributed by atoms with Crippen LogP contribution in [0.2, 0.25) is 0 Å². The summed E-state index contributed by atoms with van der Waals surface area (Å²) in [5.74, 6) is 0.786. The fourth-order valence-electron chi connectivity index (χ4n) is 3.39. The number of hydrogen-bond acceptors (Lipinski definition) is 3. The number of hydrogen-bond donors (Lipinski definition) is 2. The predicted octanol–water partition coefficient (Wildman–Crippen LogP) is 5.29. The summed E-state index contributed by atoms with van der Waals surface area (Å²) in [6, 6.07) is 16.7. The van der Waals surface area contributed by atoms with Crippen LogP contribution >= 0.6 is 12.2 Å². The quantitative estimate of drug-likeness (QED) is 0.492. The molecular weight excluding hydrogens is 366 g/mol. The summed E-state index contributed by atoms with van der Waals surface area (Å²) in [6.07, 6.45) is 5.66. The topological polar surface area (TPSA) is 36.5 Å². The van der Waals surface area contributed by atoms with E-state index in [9.17, 15) is 0 Å². The number of thiocarbonyl (C=S) groups is 1. The highest BCUT2D eigenvalue weighted by molar-refractivity contribution is 7.80. The van der Waals surface area contributed by atoms with Gasteiger partial charge < -0.3 is 20.3 Å². The van der Waals surface area contributed by atoms with Crippen molar-refractivity contribution in [3.63, 3.8) is 0 Å². The first-order valence-electron chi connectivity index (χ1n) is 9.92. The van der Waals surface area contributed by atoms with E-state index in [4.69, 9.17) is 17.0 Å².